The Hall–Kier alpha value is -1.02. The van der Waals surface area contributed by atoms with Crippen molar-refractivity contribution in [3.05, 3.63) is 29.8 Å². The number of anilines is 1. The van der Waals surface area contributed by atoms with Crippen LogP contribution in [0.3, 0.4) is 0 Å². The van der Waals surface area contributed by atoms with Crippen molar-refractivity contribution < 1.29 is 0 Å². The Morgan fingerprint density at radius 3 is 2.58 bits per heavy atom. The van der Waals surface area contributed by atoms with Crippen LogP contribution in [0.1, 0.15) is 44.1 Å². The van der Waals surface area contributed by atoms with Crippen LogP contribution in [0, 0.1) is 5.92 Å². The summed E-state index contributed by atoms with van der Waals surface area (Å²) >= 11 is 0. The summed E-state index contributed by atoms with van der Waals surface area (Å²) in [6.07, 6.45) is 8.58. The zero-order valence-electron chi connectivity index (χ0n) is 12.1. The van der Waals surface area contributed by atoms with Gasteiger partial charge in [0.2, 0.25) is 0 Å². The van der Waals surface area contributed by atoms with Crippen LogP contribution < -0.4 is 10.2 Å². The number of fused-ring (bicyclic) bond motifs is 1. The highest BCUT2D eigenvalue weighted by Gasteiger charge is 2.33. The molecule has 104 valence electrons. The topological polar surface area (TPSA) is 15.3 Å². The van der Waals surface area contributed by atoms with Gasteiger partial charge in [0.05, 0.1) is 0 Å². The molecule has 19 heavy (non-hydrogen) atoms. The van der Waals surface area contributed by atoms with E-state index in [1.54, 1.807) is 0 Å². The normalized spacial score (nSPS) is 27.1. The van der Waals surface area contributed by atoms with E-state index >= 15 is 0 Å². The molecule has 2 fully saturated rings. The molecule has 1 aromatic carbocycles. The van der Waals surface area contributed by atoms with Gasteiger partial charge in [-0.2, -0.15) is 0 Å². The third-order valence-corrected chi connectivity index (χ3v) is 4.89. The number of piperidine rings is 1. The molecular weight excluding hydrogens is 232 g/mol. The fourth-order valence-electron chi connectivity index (χ4n) is 3.95. The SMILES string of the molecule is CNCc1ccc(N2CCCC3CCCCC32)cc1. The zero-order chi connectivity index (χ0) is 13.1. The van der Waals surface area contributed by atoms with Crippen LogP contribution in [0.5, 0.6) is 0 Å². The van der Waals surface area contributed by atoms with Gasteiger partial charge in [0.1, 0.15) is 0 Å². The molecule has 2 aliphatic rings. The first kappa shape index (κ1) is 13.0. The van der Waals surface area contributed by atoms with Gasteiger partial charge < -0.3 is 10.2 Å². The minimum Gasteiger partial charge on any atom is -0.368 e. The van der Waals surface area contributed by atoms with Gasteiger partial charge in [-0.1, -0.05) is 25.0 Å². The molecule has 1 saturated carbocycles. The molecule has 1 aliphatic carbocycles. The Morgan fingerprint density at radius 1 is 1.05 bits per heavy atom. The maximum absolute atomic E-state index is 3.21. The van der Waals surface area contributed by atoms with Gasteiger partial charge in [-0.05, 0) is 56.3 Å². The second-order valence-corrected chi connectivity index (χ2v) is 6.14. The number of hydrogen-bond donors (Lipinski definition) is 1. The van der Waals surface area contributed by atoms with E-state index in [4.69, 9.17) is 0 Å². The Bertz CT molecular complexity index is 396. The standard InChI is InChI=1S/C17H26N2/c1-18-13-14-8-10-16(11-9-14)19-12-4-6-15-5-2-3-7-17(15)19/h8-11,15,17-18H,2-7,12-13H2,1H3. The Morgan fingerprint density at radius 2 is 1.79 bits per heavy atom. The van der Waals surface area contributed by atoms with E-state index in [9.17, 15) is 0 Å². The van der Waals surface area contributed by atoms with Crippen molar-refractivity contribution in [2.75, 3.05) is 18.5 Å². The summed E-state index contributed by atoms with van der Waals surface area (Å²) < 4.78 is 0. The van der Waals surface area contributed by atoms with Crippen LogP contribution in [0.2, 0.25) is 0 Å². The summed E-state index contributed by atoms with van der Waals surface area (Å²) in [5.41, 5.74) is 2.82. The van der Waals surface area contributed by atoms with Crippen molar-refractivity contribution in [1.29, 1.82) is 0 Å². The molecule has 2 heteroatoms. The summed E-state index contributed by atoms with van der Waals surface area (Å²) in [4.78, 5) is 2.69. The molecule has 3 rings (SSSR count). The lowest BCUT2D eigenvalue weighted by Gasteiger charge is -2.45. The molecule has 0 radical (unpaired) electrons. The first-order chi connectivity index (χ1) is 9.38. The van der Waals surface area contributed by atoms with Crippen molar-refractivity contribution in [3.63, 3.8) is 0 Å². The maximum Gasteiger partial charge on any atom is 0.0369 e. The summed E-state index contributed by atoms with van der Waals surface area (Å²) in [5.74, 6) is 0.958. The first-order valence-electron chi connectivity index (χ1n) is 7.88. The van der Waals surface area contributed by atoms with Crippen LogP contribution in [0.15, 0.2) is 24.3 Å². The monoisotopic (exact) mass is 258 g/mol. The predicted molar refractivity (Wildman–Crippen MR) is 81.5 cm³/mol. The van der Waals surface area contributed by atoms with Gasteiger partial charge in [-0.15, -0.1) is 0 Å². The minimum atomic E-state index is 0.817. The van der Waals surface area contributed by atoms with Crippen molar-refractivity contribution >= 4 is 5.69 Å². The van der Waals surface area contributed by atoms with E-state index in [-0.39, 0.29) is 0 Å². The molecule has 2 unspecified atom stereocenters. The summed E-state index contributed by atoms with van der Waals surface area (Å²) in [6, 6.07) is 10.0. The second kappa shape index (κ2) is 5.96. The van der Waals surface area contributed by atoms with Gasteiger partial charge in [0.15, 0.2) is 0 Å². The van der Waals surface area contributed by atoms with E-state index in [0.29, 0.717) is 0 Å². The van der Waals surface area contributed by atoms with Crippen LogP contribution in [-0.2, 0) is 6.54 Å². The third kappa shape index (κ3) is 2.79. The summed E-state index contributed by atoms with van der Waals surface area (Å²) in [6.45, 7) is 2.22. The quantitative estimate of drug-likeness (QED) is 0.891. The largest absolute Gasteiger partial charge is 0.368 e. The fourth-order valence-corrected chi connectivity index (χ4v) is 3.95. The number of hydrogen-bond acceptors (Lipinski definition) is 2. The molecule has 0 aromatic heterocycles. The molecule has 1 aromatic rings. The number of nitrogens with one attached hydrogen (secondary N) is 1. The lowest BCUT2D eigenvalue weighted by Crippen LogP contribution is -2.46. The average molecular weight is 258 g/mol. The molecular formula is C17H26N2. The van der Waals surface area contributed by atoms with Gasteiger partial charge in [0, 0.05) is 24.8 Å². The number of nitrogens with zero attached hydrogens (tertiary/aromatic N) is 1. The fraction of sp³-hybridized carbons (Fsp3) is 0.647. The predicted octanol–water partition coefficient (Wildman–Crippen LogP) is 3.57. The molecule has 1 saturated heterocycles. The third-order valence-electron chi connectivity index (χ3n) is 4.89. The van der Waals surface area contributed by atoms with Gasteiger partial charge in [0.25, 0.3) is 0 Å². The molecule has 1 heterocycles. The van der Waals surface area contributed by atoms with E-state index in [0.717, 1.165) is 18.5 Å². The molecule has 2 atom stereocenters. The second-order valence-electron chi connectivity index (χ2n) is 6.14. The van der Waals surface area contributed by atoms with Crippen LogP contribution >= 0.6 is 0 Å². The molecule has 1 aliphatic heterocycles. The molecule has 0 bridgehead atoms. The highest BCUT2D eigenvalue weighted by atomic mass is 15.2. The van der Waals surface area contributed by atoms with E-state index in [1.165, 1.54) is 56.3 Å². The first-order valence-corrected chi connectivity index (χ1v) is 7.88. The molecule has 2 nitrogen and oxygen atoms in total. The van der Waals surface area contributed by atoms with E-state index in [1.807, 2.05) is 7.05 Å². The Kier molecular flexibility index (Phi) is 4.07. The lowest BCUT2D eigenvalue weighted by atomic mass is 9.78. The van der Waals surface area contributed by atoms with Crippen molar-refractivity contribution in [1.82, 2.24) is 5.32 Å². The van der Waals surface area contributed by atoms with Gasteiger partial charge >= 0.3 is 0 Å². The summed E-state index contributed by atoms with van der Waals surface area (Å²) in [5, 5.41) is 3.21. The van der Waals surface area contributed by atoms with Crippen molar-refractivity contribution in [2.45, 2.75) is 51.1 Å². The smallest absolute Gasteiger partial charge is 0.0369 e. The average Bonchev–Trinajstić information content (AvgIpc) is 2.48. The summed E-state index contributed by atoms with van der Waals surface area (Å²) in [7, 11) is 2.01. The minimum absolute atomic E-state index is 0.817. The Balaban J connectivity index is 1.75. The van der Waals surface area contributed by atoms with Crippen molar-refractivity contribution in [2.24, 2.45) is 5.92 Å². The number of benzene rings is 1. The molecule has 0 spiro atoms. The van der Waals surface area contributed by atoms with Crippen LogP contribution in [0.25, 0.3) is 0 Å². The van der Waals surface area contributed by atoms with Gasteiger partial charge in [-0.3, -0.25) is 0 Å². The van der Waals surface area contributed by atoms with Gasteiger partial charge in [-0.25, -0.2) is 0 Å². The molecule has 0 amide bonds. The zero-order valence-corrected chi connectivity index (χ0v) is 12.1. The van der Waals surface area contributed by atoms with Crippen molar-refractivity contribution in [3.8, 4) is 0 Å². The highest BCUT2D eigenvalue weighted by molar-refractivity contribution is 5.49. The molecule has 1 N–H and O–H groups in total. The van der Waals surface area contributed by atoms with Crippen LogP contribution in [0.4, 0.5) is 5.69 Å². The van der Waals surface area contributed by atoms with E-state index < -0.39 is 0 Å². The maximum atomic E-state index is 3.21. The lowest BCUT2D eigenvalue weighted by molar-refractivity contribution is 0.244. The Labute approximate surface area is 117 Å². The number of rotatable bonds is 3. The highest BCUT2D eigenvalue weighted by Crippen LogP contribution is 2.37. The van der Waals surface area contributed by atoms with E-state index in [2.05, 4.69) is 34.5 Å². The van der Waals surface area contributed by atoms with Crippen LogP contribution in [-0.4, -0.2) is 19.6 Å².